The molecule has 4 saturated heterocycles. The number of rotatable bonds is 1. The lowest BCUT2D eigenvalue weighted by atomic mass is 9.78. The first kappa shape index (κ1) is 14.8. The summed E-state index contributed by atoms with van der Waals surface area (Å²) in [7, 11) is 0. The van der Waals surface area contributed by atoms with Crippen LogP contribution in [0.25, 0.3) is 0 Å². The summed E-state index contributed by atoms with van der Waals surface area (Å²) in [6, 6.07) is -0.222. The van der Waals surface area contributed by atoms with Gasteiger partial charge >= 0.3 is 0 Å². The van der Waals surface area contributed by atoms with E-state index in [1.165, 1.54) is 6.42 Å². The molecule has 0 radical (unpaired) electrons. The van der Waals surface area contributed by atoms with Gasteiger partial charge in [0, 0.05) is 31.8 Å². The molecule has 1 spiro atoms. The average Bonchev–Trinajstić information content (AvgIpc) is 3.17. The molecule has 0 bridgehead atoms. The Labute approximate surface area is 136 Å². The molecule has 0 aromatic rings. The first-order valence-electron chi connectivity index (χ1n) is 8.49. The summed E-state index contributed by atoms with van der Waals surface area (Å²) >= 11 is 1.79. The van der Waals surface area contributed by atoms with Crippen molar-refractivity contribution in [1.82, 2.24) is 15.1 Å². The van der Waals surface area contributed by atoms with Crippen molar-refractivity contribution in [2.45, 2.75) is 49.9 Å². The van der Waals surface area contributed by atoms with E-state index in [9.17, 15) is 9.59 Å². The minimum absolute atomic E-state index is 0.135. The van der Waals surface area contributed by atoms with Crippen molar-refractivity contribution in [3.05, 3.63) is 0 Å². The lowest BCUT2D eigenvalue weighted by Crippen LogP contribution is -2.54. The van der Waals surface area contributed by atoms with Crippen LogP contribution in [-0.2, 0) is 9.59 Å². The molecule has 0 saturated carbocycles. The molecule has 4 aliphatic heterocycles. The van der Waals surface area contributed by atoms with Crippen LogP contribution in [0.4, 0.5) is 0 Å². The van der Waals surface area contributed by atoms with Crippen molar-refractivity contribution in [3.8, 4) is 0 Å². The Balaban J connectivity index is 1.43. The molecule has 0 aliphatic carbocycles. The number of amides is 2. The molecule has 4 aliphatic rings. The first-order valence-corrected chi connectivity index (χ1v) is 9.47. The van der Waals surface area contributed by atoms with E-state index in [1.807, 2.05) is 9.80 Å². The second-order valence-electron chi connectivity index (χ2n) is 7.52. The standard InChI is InChI=1S/C16H25N3O2S/c1-15-3-2-13(20)19(15)12(10-22-15)14(21)18-8-5-16(6-9-18)4-7-17-11-16/h12,17H,2-11H2,1H3. The molecular formula is C16H25N3O2S. The lowest BCUT2D eigenvalue weighted by Gasteiger charge is -2.41. The van der Waals surface area contributed by atoms with Crippen LogP contribution in [0.3, 0.4) is 0 Å². The highest BCUT2D eigenvalue weighted by Crippen LogP contribution is 2.48. The van der Waals surface area contributed by atoms with E-state index in [2.05, 4.69) is 12.2 Å². The number of fused-ring (bicyclic) bond motifs is 1. The van der Waals surface area contributed by atoms with Crippen LogP contribution >= 0.6 is 11.8 Å². The molecule has 2 unspecified atom stereocenters. The van der Waals surface area contributed by atoms with Crippen molar-refractivity contribution < 1.29 is 9.59 Å². The molecule has 122 valence electrons. The van der Waals surface area contributed by atoms with Crippen LogP contribution in [0.2, 0.25) is 0 Å². The molecule has 4 fully saturated rings. The third-order valence-corrected chi connectivity index (χ3v) is 7.70. The Morgan fingerprint density at radius 3 is 2.73 bits per heavy atom. The smallest absolute Gasteiger partial charge is 0.246 e. The summed E-state index contributed by atoms with van der Waals surface area (Å²) in [5.41, 5.74) is 0.430. The molecule has 5 nitrogen and oxygen atoms in total. The van der Waals surface area contributed by atoms with Gasteiger partial charge in [0.05, 0.1) is 4.87 Å². The summed E-state index contributed by atoms with van der Waals surface area (Å²) in [4.78, 5) is 28.9. The van der Waals surface area contributed by atoms with Gasteiger partial charge in [-0.15, -0.1) is 11.8 Å². The molecule has 4 heterocycles. The monoisotopic (exact) mass is 323 g/mol. The first-order chi connectivity index (χ1) is 10.5. The van der Waals surface area contributed by atoms with E-state index in [1.54, 1.807) is 11.8 Å². The molecule has 4 rings (SSSR count). The van der Waals surface area contributed by atoms with Crippen LogP contribution in [0.5, 0.6) is 0 Å². The molecule has 2 amide bonds. The topological polar surface area (TPSA) is 52.7 Å². The predicted molar refractivity (Wildman–Crippen MR) is 86.5 cm³/mol. The van der Waals surface area contributed by atoms with Crippen molar-refractivity contribution in [2.75, 3.05) is 31.9 Å². The SMILES string of the molecule is CC12CCC(=O)N1C(C(=O)N1CCC3(CCNC3)CC1)CS2. The van der Waals surface area contributed by atoms with Crippen LogP contribution in [0.15, 0.2) is 0 Å². The zero-order valence-corrected chi connectivity index (χ0v) is 14.1. The normalized spacial score (nSPS) is 37.1. The fourth-order valence-corrected chi connectivity index (χ4v) is 6.06. The number of likely N-dealkylation sites (tertiary alicyclic amines) is 1. The van der Waals surface area contributed by atoms with Crippen LogP contribution < -0.4 is 5.32 Å². The number of piperidine rings is 1. The van der Waals surface area contributed by atoms with Crippen molar-refractivity contribution in [2.24, 2.45) is 5.41 Å². The third kappa shape index (κ3) is 2.18. The van der Waals surface area contributed by atoms with E-state index in [0.717, 1.165) is 51.2 Å². The molecule has 22 heavy (non-hydrogen) atoms. The molecule has 6 heteroatoms. The minimum atomic E-state index is -0.222. The summed E-state index contributed by atoms with van der Waals surface area (Å²) < 4.78 is 0. The van der Waals surface area contributed by atoms with Crippen LogP contribution in [-0.4, -0.2) is 64.5 Å². The van der Waals surface area contributed by atoms with Gasteiger partial charge in [-0.05, 0) is 44.6 Å². The fraction of sp³-hybridized carbons (Fsp3) is 0.875. The fourth-order valence-electron chi connectivity index (χ4n) is 4.64. The van der Waals surface area contributed by atoms with Gasteiger partial charge in [0.1, 0.15) is 6.04 Å². The van der Waals surface area contributed by atoms with Gasteiger partial charge in [-0.25, -0.2) is 0 Å². The van der Waals surface area contributed by atoms with E-state index in [-0.39, 0.29) is 22.7 Å². The number of hydrogen-bond acceptors (Lipinski definition) is 4. The Morgan fingerprint density at radius 1 is 1.27 bits per heavy atom. The van der Waals surface area contributed by atoms with Gasteiger partial charge in [0.15, 0.2) is 0 Å². The second kappa shape index (κ2) is 5.13. The highest BCUT2D eigenvalue weighted by Gasteiger charge is 2.54. The quantitative estimate of drug-likeness (QED) is 0.783. The number of thioether (sulfide) groups is 1. The van der Waals surface area contributed by atoms with E-state index in [0.29, 0.717) is 11.8 Å². The zero-order valence-electron chi connectivity index (χ0n) is 13.3. The summed E-state index contributed by atoms with van der Waals surface area (Å²) in [6.45, 7) is 6.07. The molecular weight excluding hydrogens is 298 g/mol. The highest BCUT2D eigenvalue weighted by atomic mass is 32.2. The lowest BCUT2D eigenvalue weighted by molar-refractivity contribution is -0.145. The van der Waals surface area contributed by atoms with Gasteiger partial charge in [0.25, 0.3) is 0 Å². The van der Waals surface area contributed by atoms with Crippen LogP contribution in [0, 0.1) is 5.41 Å². The number of nitrogens with one attached hydrogen (secondary N) is 1. The van der Waals surface area contributed by atoms with Gasteiger partial charge in [-0.1, -0.05) is 0 Å². The third-order valence-electron chi connectivity index (χ3n) is 6.20. The van der Waals surface area contributed by atoms with Gasteiger partial charge in [0.2, 0.25) is 11.8 Å². The average molecular weight is 323 g/mol. The molecule has 0 aromatic carbocycles. The summed E-state index contributed by atoms with van der Waals surface area (Å²) in [6.07, 6.45) is 4.95. The number of carbonyl (C=O) groups is 2. The Morgan fingerprint density at radius 2 is 2.05 bits per heavy atom. The summed E-state index contributed by atoms with van der Waals surface area (Å²) in [5.74, 6) is 1.12. The number of nitrogens with zero attached hydrogens (tertiary/aromatic N) is 2. The second-order valence-corrected chi connectivity index (χ2v) is 9.02. The van der Waals surface area contributed by atoms with Crippen molar-refractivity contribution in [1.29, 1.82) is 0 Å². The number of hydrogen-bond donors (Lipinski definition) is 1. The number of carbonyl (C=O) groups excluding carboxylic acids is 2. The van der Waals surface area contributed by atoms with E-state index >= 15 is 0 Å². The minimum Gasteiger partial charge on any atom is -0.341 e. The Kier molecular flexibility index (Phi) is 3.45. The molecule has 0 aromatic heterocycles. The molecule has 1 N–H and O–H groups in total. The van der Waals surface area contributed by atoms with E-state index in [4.69, 9.17) is 0 Å². The summed E-state index contributed by atoms with van der Waals surface area (Å²) in [5, 5.41) is 3.46. The maximum absolute atomic E-state index is 12.9. The predicted octanol–water partition coefficient (Wildman–Crippen LogP) is 1.04. The van der Waals surface area contributed by atoms with Crippen molar-refractivity contribution >= 4 is 23.6 Å². The zero-order chi connectivity index (χ0) is 15.4. The molecule has 2 atom stereocenters. The maximum atomic E-state index is 12.9. The van der Waals surface area contributed by atoms with Gasteiger partial charge in [-0.3, -0.25) is 9.59 Å². The highest BCUT2D eigenvalue weighted by molar-refractivity contribution is 8.01. The maximum Gasteiger partial charge on any atom is 0.246 e. The van der Waals surface area contributed by atoms with Gasteiger partial charge in [-0.2, -0.15) is 0 Å². The van der Waals surface area contributed by atoms with Crippen LogP contribution in [0.1, 0.15) is 39.0 Å². The van der Waals surface area contributed by atoms with E-state index < -0.39 is 0 Å². The largest absolute Gasteiger partial charge is 0.341 e. The van der Waals surface area contributed by atoms with Gasteiger partial charge < -0.3 is 15.1 Å². The van der Waals surface area contributed by atoms with Crippen molar-refractivity contribution in [3.63, 3.8) is 0 Å². The Hall–Kier alpha value is -0.750. The Bertz CT molecular complexity index is 496.